The molecule has 0 saturated heterocycles. The summed E-state index contributed by atoms with van der Waals surface area (Å²) < 4.78 is 13.8. The van der Waals surface area contributed by atoms with Crippen molar-refractivity contribution in [2.45, 2.75) is 38.6 Å². The van der Waals surface area contributed by atoms with E-state index in [0.29, 0.717) is 6.42 Å². The number of nitrogens with zero attached hydrogens (tertiary/aromatic N) is 1. The van der Waals surface area contributed by atoms with E-state index in [1.54, 1.807) is 12.1 Å². The highest BCUT2D eigenvalue weighted by atomic mass is 19.1. The number of anilines is 2. The van der Waals surface area contributed by atoms with Gasteiger partial charge in [-0.3, -0.25) is 9.59 Å². The lowest BCUT2D eigenvalue weighted by Crippen LogP contribution is -2.47. The number of nitrogens with one attached hydrogen (secondary N) is 2. The van der Waals surface area contributed by atoms with Gasteiger partial charge < -0.3 is 15.5 Å². The number of para-hydroxylation sites is 2. The predicted molar refractivity (Wildman–Crippen MR) is 109 cm³/mol. The molecule has 3 rings (SSSR count). The smallest absolute Gasteiger partial charge is 0.247 e. The first-order valence-corrected chi connectivity index (χ1v) is 9.76. The molecular weight excluding hydrogens is 357 g/mol. The van der Waals surface area contributed by atoms with Gasteiger partial charge in [0.1, 0.15) is 11.9 Å². The summed E-state index contributed by atoms with van der Waals surface area (Å²) in [5, 5.41) is 5.34. The molecule has 2 aromatic rings. The lowest BCUT2D eigenvalue weighted by Gasteiger charge is -2.25. The largest absolute Gasteiger partial charge is 0.362 e. The molecule has 2 aromatic carbocycles. The molecule has 6 heteroatoms. The van der Waals surface area contributed by atoms with Gasteiger partial charge >= 0.3 is 0 Å². The monoisotopic (exact) mass is 383 g/mol. The van der Waals surface area contributed by atoms with Crippen LogP contribution in [-0.2, 0) is 16.0 Å². The first-order valence-electron chi connectivity index (χ1n) is 9.76. The van der Waals surface area contributed by atoms with Gasteiger partial charge in [0.2, 0.25) is 11.8 Å². The summed E-state index contributed by atoms with van der Waals surface area (Å²) in [7, 11) is 0. The van der Waals surface area contributed by atoms with Crippen molar-refractivity contribution in [1.29, 1.82) is 0 Å². The van der Waals surface area contributed by atoms with E-state index in [4.69, 9.17) is 0 Å². The Balaban J connectivity index is 1.63. The van der Waals surface area contributed by atoms with E-state index in [1.807, 2.05) is 25.1 Å². The van der Waals surface area contributed by atoms with E-state index in [0.717, 1.165) is 31.5 Å². The molecule has 1 aliphatic heterocycles. The van der Waals surface area contributed by atoms with E-state index in [2.05, 4.69) is 21.6 Å². The highest BCUT2D eigenvalue weighted by molar-refractivity contribution is 5.97. The zero-order valence-corrected chi connectivity index (χ0v) is 16.1. The Morgan fingerprint density at radius 1 is 1.11 bits per heavy atom. The van der Waals surface area contributed by atoms with E-state index in [-0.39, 0.29) is 18.1 Å². The van der Waals surface area contributed by atoms with Crippen LogP contribution < -0.4 is 15.5 Å². The Labute approximate surface area is 164 Å². The Morgan fingerprint density at radius 2 is 1.86 bits per heavy atom. The van der Waals surface area contributed by atoms with E-state index in [1.165, 1.54) is 17.7 Å². The highest BCUT2D eigenvalue weighted by Gasteiger charge is 2.22. The summed E-state index contributed by atoms with van der Waals surface area (Å²) in [6.07, 6.45) is 3.55. The standard InChI is InChI=1S/C22H26FN3O2/c1-2-18(22(28)25-19-12-5-4-11-17(19)23)24-21(27)15-26-14-8-7-10-16-9-3-6-13-20(16)26/h3-6,9,11-13,18H,2,7-8,10,14-15H2,1H3,(H,24,27)(H,25,28). The van der Waals surface area contributed by atoms with Crippen LogP contribution in [-0.4, -0.2) is 30.9 Å². The van der Waals surface area contributed by atoms with Crippen LogP contribution in [0.5, 0.6) is 0 Å². The first kappa shape index (κ1) is 19.9. The Kier molecular flexibility index (Phi) is 6.63. The van der Waals surface area contributed by atoms with Crippen molar-refractivity contribution in [1.82, 2.24) is 5.32 Å². The number of benzene rings is 2. The van der Waals surface area contributed by atoms with Crippen LogP contribution >= 0.6 is 0 Å². The van der Waals surface area contributed by atoms with Gasteiger partial charge in [-0.1, -0.05) is 37.3 Å². The zero-order valence-electron chi connectivity index (χ0n) is 16.1. The minimum Gasteiger partial charge on any atom is -0.362 e. The highest BCUT2D eigenvalue weighted by Crippen LogP contribution is 2.25. The molecule has 28 heavy (non-hydrogen) atoms. The molecule has 1 unspecified atom stereocenters. The molecule has 0 fully saturated rings. The van der Waals surface area contributed by atoms with Crippen molar-refractivity contribution in [3.63, 3.8) is 0 Å². The van der Waals surface area contributed by atoms with Crippen LogP contribution in [0.1, 0.15) is 31.7 Å². The van der Waals surface area contributed by atoms with Crippen molar-refractivity contribution in [2.75, 3.05) is 23.3 Å². The van der Waals surface area contributed by atoms with Crippen LogP contribution in [0.2, 0.25) is 0 Å². The van der Waals surface area contributed by atoms with Crippen LogP contribution in [0, 0.1) is 5.82 Å². The van der Waals surface area contributed by atoms with Gasteiger partial charge in [0.15, 0.2) is 0 Å². The van der Waals surface area contributed by atoms with E-state index < -0.39 is 17.8 Å². The van der Waals surface area contributed by atoms with Crippen LogP contribution in [0.3, 0.4) is 0 Å². The number of rotatable bonds is 6. The molecule has 0 aliphatic carbocycles. The second-order valence-electron chi connectivity index (χ2n) is 7.00. The number of aryl methyl sites for hydroxylation is 1. The normalized spacial score (nSPS) is 14.6. The SMILES string of the molecule is CCC(NC(=O)CN1CCCCc2ccccc21)C(=O)Nc1ccccc1F. The molecule has 0 radical (unpaired) electrons. The average Bonchev–Trinajstić information content (AvgIpc) is 2.90. The van der Waals surface area contributed by atoms with Gasteiger partial charge in [0.25, 0.3) is 0 Å². The van der Waals surface area contributed by atoms with E-state index in [9.17, 15) is 14.0 Å². The average molecular weight is 383 g/mol. The number of hydrogen-bond donors (Lipinski definition) is 2. The summed E-state index contributed by atoms with van der Waals surface area (Å²) in [6, 6.07) is 13.4. The molecule has 0 saturated carbocycles. The molecule has 148 valence electrons. The Morgan fingerprint density at radius 3 is 2.64 bits per heavy atom. The molecule has 2 amide bonds. The summed E-state index contributed by atoms with van der Waals surface area (Å²) >= 11 is 0. The second-order valence-corrected chi connectivity index (χ2v) is 7.00. The number of amides is 2. The minimum absolute atomic E-state index is 0.113. The summed E-state index contributed by atoms with van der Waals surface area (Å²) in [4.78, 5) is 27.2. The van der Waals surface area contributed by atoms with Gasteiger partial charge in [0.05, 0.1) is 12.2 Å². The summed E-state index contributed by atoms with van der Waals surface area (Å²) in [5.41, 5.74) is 2.44. The quantitative estimate of drug-likeness (QED) is 0.803. The fourth-order valence-electron chi connectivity index (χ4n) is 3.48. The third-order valence-electron chi connectivity index (χ3n) is 4.98. The van der Waals surface area contributed by atoms with Crippen LogP contribution in [0.4, 0.5) is 15.8 Å². The molecule has 0 spiro atoms. The molecule has 2 N–H and O–H groups in total. The maximum atomic E-state index is 13.8. The summed E-state index contributed by atoms with van der Waals surface area (Å²) in [6.45, 7) is 2.82. The Hall–Kier alpha value is -2.89. The van der Waals surface area contributed by atoms with E-state index >= 15 is 0 Å². The predicted octanol–water partition coefficient (Wildman–Crippen LogP) is 3.50. The van der Waals surface area contributed by atoms with Crippen molar-refractivity contribution < 1.29 is 14.0 Å². The lowest BCUT2D eigenvalue weighted by atomic mass is 10.1. The molecule has 0 bridgehead atoms. The van der Waals surface area contributed by atoms with Gasteiger partial charge in [-0.15, -0.1) is 0 Å². The molecule has 1 heterocycles. The molecule has 0 aromatic heterocycles. The Bertz CT molecular complexity index is 840. The second kappa shape index (κ2) is 9.35. The number of carbonyl (C=O) groups excluding carboxylic acids is 2. The maximum Gasteiger partial charge on any atom is 0.247 e. The first-order chi connectivity index (χ1) is 13.6. The molecule has 1 aliphatic rings. The lowest BCUT2D eigenvalue weighted by molar-refractivity contribution is -0.125. The fourth-order valence-corrected chi connectivity index (χ4v) is 3.48. The fraction of sp³-hybridized carbons (Fsp3) is 0.364. The van der Waals surface area contributed by atoms with Gasteiger partial charge in [0, 0.05) is 12.2 Å². The number of fused-ring (bicyclic) bond motifs is 1. The van der Waals surface area contributed by atoms with Crippen LogP contribution in [0.15, 0.2) is 48.5 Å². The van der Waals surface area contributed by atoms with Crippen molar-refractivity contribution in [2.24, 2.45) is 0 Å². The van der Waals surface area contributed by atoms with Crippen molar-refractivity contribution >= 4 is 23.2 Å². The van der Waals surface area contributed by atoms with Crippen LogP contribution in [0.25, 0.3) is 0 Å². The van der Waals surface area contributed by atoms with Gasteiger partial charge in [-0.05, 0) is 49.4 Å². The number of carbonyl (C=O) groups is 2. The topological polar surface area (TPSA) is 61.4 Å². The van der Waals surface area contributed by atoms with Crippen molar-refractivity contribution in [3.8, 4) is 0 Å². The third kappa shape index (κ3) is 4.88. The molecule has 1 atom stereocenters. The maximum absolute atomic E-state index is 13.8. The molecule has 5 nitrogen and oxygen atoms in total. The van der Waals surface area contributed by atoms with Gasteiger partial charge in [-0.25, -0.2) is 4.39 Å². The zero-order chi connectivity index (χ0) is 19.9. The summed E-state index contributed by atoms with van der Waals surface area (Å²) in [5.74, 6) is -1.14. The third-order valence-corrected chi connectivity index (χ3v) is 4.98. The minimum atomic E-state index is -0.714. The van der Waals surface area contributed by atoms with Gasteiger partial charge in [-0.2, -0.15) is 0 Å². The number of halogens is 1. The molecular formula is C22H26FN3O2. The number of hydrogen-bond acceptors (Lipinski definition) is 3. The van der Waals surface area contributed by atoms with Crippen molar-refractivity contribution in [3.05, 3.63) is 59.9 Å².